The molecule has 208 valence electrons. The van der Waals surface area contributed by atoms with E-state index in [1.165, 1.54) is 17.5 Å². The number of ether oxygens (including phenoxy) is 1. The van der Waals surface area contributed by atoms with E-state index in [0.29, 0.717) is 5.69 Å². The fourth-order valence-electron chi connectivity index (χ4n) is 4.79. The number of H-pyrrole nitrogens is 1. The van der Waals surface area contributed by atoms with Gasteiger partial charge in [0.25, 0.3) is 5.91 Å². The van der Waals surface area contributed by atoms with Gasteiger partial charge in [0.15, 0.2) is 0 Å². The molecule has 0 aliphatic rings. The van der Waals surface area contributed by atoms with E-state index >= 15 is 0 Å². The van der Waals surface area contributed by atoms with Crippen LogP contribution in [0.25, 0.3) is 10.9 Å². The minimum absolute atomic E-state index is 0.0924. The minimum atomic E-state index is -0.931. The van der Waals surface area contributed by atoms with Gasteiger partial charge in [0.05, 0.1) is 12.5 Å². The van der Waals surface area contributed by atoms with Crippen molar-refractivity contribution in [3.05, 3.63) is 125 Å². The lowest BCUT2D eigenvalue weighted by Gasteiger charge is -2.16. The van der Waals surface area contributed by atoms with Gasteiger partial charge in [-0.15, -0.1) is 0 Å². The van der Waals surface area contributed by atoms with Crippen molar-refractivity contribution in [3.8, 4) is 0 Å². The summed E-state index contributed by atoms with van der Waals surface area (Å²) in [6.07, 6.45) is 4.27. The van der Waals surface area contributed by atoms with Crippen molar-refractivity contribution in [1.82, 2.24) is 25.3 Å². The first kappa shape index (κ1) is 27.4. The average molecular weight is 549 g/mol. The van der Waals surface area contributed by atoms with Crippen LogP contribution in [-0.2, 0) is 29.1 Å². The Morgan fingerprint density at radius 1 is 1.02 bits per heavy atom. The van der Waals surface area contributed by atoms with Gasteiger partial charge in [-0.25, -0.2) is 15.2 Å². The summed E-state index contributed by atoms with van der Waals surface area (Å²) in [7, 11) is 0. The number of rotatable bonds is 10. The highest BCUT2D eigenvalue weighted by Crippen LogP contribution is 2.25. The highest BCUT2D eigenvalue weighted by molar-refractivity contribution is 6.01. The lowest BCUT2D eigenvalue weighted by molar-refractivity contribution is -0.123. The molecule has 2 heterocycles. The number of alkyl carbamates (subject to hydrolysis) is 1. The molecule has 0 bridgehead atoms. The number of fused-ring (bicyclic) bond motifs is 1. The zero-order valence-corrected chi connectivity index (χ0v) is 23.0. The molecule has 2 aromatic heterocycles. The van der Waals surface area contributed by atoms with Gasteiger partial charge in [0, 0.05) is 47.0 Å². The molecule has 41 heavy (non-hydrogen) atoms. The van der Waals surface area contributed by atoms with Crippen LogP contribution in [0.1, 0.15) is 33.6 Å². The topological polar surface area (TPSA) is 113 Å². The predicted molar refractivity (Wildman–Crippen MR) is 159 cm³/mol. The van der Waals surface area contributed by atoms with Gasteiger partial charge in [-0.05, 0) is 31.0 Å². The molecule has 5 rings (SSSR count). The summed E-state index contributed by atoms with van der Waals surface area (Å²) in [6.45, 7) is 4.94. The molecule has 2 amide bonds. The molecule has 0 aliphatic heterocycles. The molecule has 1 atom stereocenters. The maximum absolute atomic E-state index is 13.2. The van der Waals surface area contributed by atoms with Crippen LogP contribution in [0.3, 0.4) is 0 Å². The minimum Gasteiger partial charge on any atom is -0.445 e. The number of carbonyl (C=O) groups is 2. The van der Waals surface area contributed by atoms with Crippen molar-refractivity contribution in [2.24, 2.45) is 5.10 Å². The molecule has 0 saturated carbocycles. The number of hydrogen-bond acceptors (Lipinski definition) is 5. The Kier molecular flexibility index (Phi) is 8.54. The Bertz CT molecular complexity index is 1660. The summed E-state index contributed by atoms with van der Waals surface area (Å²) >= 11 is 0. The third kappa shape index (κ3) is 6.88. The number of para-hydroxylation sites is 1. The number of aromatic amines is 1. The standard InChI is InChI=1S/C32H32N6O3/c1-22-9-8-12-25(15-22)19-38-23(2)28(27-13-6-7-14-30(27)38)18-35-37-31(39)29(16-26-17-33-21-34-26)36-32(40)41-20-24-10-4-3-5-11-24/h3-15,17-18,21,29H,16,19-20H2,1-2H3,(H,33,34)(H,36,40)(H,37,39)/b35-18-/t29-/m1/s1. The molecule has 5 aromatic rings. The molecule has 0 spiro atoms. The van der Waals surface area contributed by atoms with E-state index in [0.717, 1.165) is 34.3 Å². The molecule has 3 N–H and O–H groups in total. The number of aryl methyl sites for hydroxylation is 1. The Morgan fingerprint density at radius 3 is 2.59 bits per heavy atom. The smallest absolute Gasteiger partial charge is 0.408 e. The van der Waals surface area contributed by atoms with Gasteiger partial charge in [-0.3, -0.25) is 4.79 Å². The number of amides is 2. The quantitative estimate of drug-likeness (QED) is 0.168. The molecule has 0 fully saturated rings. The summed E-state index contributed by atoms with van der Waals surface area (Å²) in [5.41, 5.74) is 9.57. The predicted octanol–water partition coefficient (Wildman–Crippen LogP) is 5.02. The first-order chi connectivity index (χ1) is 20.0. The van der Waals surface area contributed by atoms with Crippen LogP contribution in [0.5, 0.6) is 0 Å². The van der Waals surface area contributed by atoms with Gasteiger partial charge in [0.1, 0.15) is 12.6 Å². The highest BCUT2D eigenvalue weighted by atomic mass is 16.5. The molecular weight excluding hydrogens is 516 g/mol. The van der Waals surface area contributed by atoms with Crippen LogP contribution in [0.4, 0.5) is 4.79 Å². The van der Waals surface area contributed by atoms with E-state index in [-0.39, 0.29) is 13.0 Å². The second kappa shape index (κ2) is 12.8. The molecule has 0 saturated heterocycles. The van der Waals surface area contributed by atoms with Crippen molar-refractivity contribution in [2.75, 3.05) is 0 Å². The van der Waals surface area contributed by atoms with Gasteiger partial charge in [-0.2, -0.15) is 5.10 Å². The van der Waals surface area contributed by atoms with Gasteiger partial charge < -0.3 is 19.6 Å². The number of carbonyl (C=O) groups excluding carboxylic acids is 2. The van der Waals surface area contributed by atoms with Crippen molar-refractivity contribution < 1.29 is 14.3 Å². The molecule has 0 radical (unpaired) electrons. The fourth-order valence-corrected chi connectivity index (χ4v) is 4.79. The summed E-state index contributed by atoms with van der Waals surface area (Å²) in [5, 5.41) is 7.97. The van der Waals surface area contributed by atoms with Crippen LogP contribution in [0.2, 0.25) is 0 Å². The number of imidazole rings is 1. The van der Waals surface area contributed by atoms with E-state index in [4.69, 9.17) is 4.74 Å². The van der Waals surface area contributed by atoms with Crippen LogP contribution < -0.4 is 10.7 Å². The number of hydrogen-bond donors (Lipinski definition) is 3. The second-order valence-corrected chi connectivity index (χ2v) is 9.87. The summed E-state index contributed by atoms with van der Waals surface area (Å²) in [4.78, 5) is 32.7. The second-order valence-electron chi connectivity index (χ2n) is 9.87. The van der Waals surface area contributed by atoms with Crippen molar-refractivity contribution in [3.63, 3.8) is 0 Å². The van der Waals surface area contributed by atoms with Crippen molar-refractivity contribution in [2.45, 2.75) is 39.5 Å². The molecule has 9 nitrogen and oxygen atoms in total. The Balaban J connectivity index is 1.30. The molecule has 3 aromatic carbocycles. The van der Waals surface area contributed by atoms with E-state index < -0.39 is 18.0 Å². The third-order valence-electron chi connectivity index (χ3n) is 6.87. The number of nitrogens with one attached hydrogen (secondary N) is 3. The SMILES string of the molecule is Cc1cccc(Cn2c(C)c(/C=N\NC(=O)[C@@H](Cc3cnc[nH]3)NC(=O)OCc3ccccc3)c3ccccc32)c1. The first-order valence-electron chi connectivity index (χ1n) is 13.4. The number of nitrogens with zero attached hydrogens (tertiary/aromatic N) is 3. The number of benzene rings is 3. The number of hydrazone groups is 1. The number of aromatic nitrogens is 3. The normalized spacial score (nSPS) is 12.0. The van der Waals surface area contributed by atoms with E-state index in [2.05, 4.69) is 67.6 Å². The van der Waals surface area contributed by atoms with Gasteiger partial charge in [-0.1, -0.05) is 78.4 Å². The fraction of sp³-hybridized carbons (Fsp3) is 0.188. The van der Waals surface area contributed by atoms with Crippen molar-refractivity contribution in [1.29, 1.82) is 0 Å². The maximum Gasteiger partial charge on any atom is 0.408 e. The zero-order chi connectivity index (χ0) is 28.6. The average Bonchev–Trinajstić information content (AvgIpc) is 3.59. The van der Waals surface area contributed by atoms with E-state index in [1.54, 1.807) is 12.4 Å². The Morgan fingerprint density at radius 2 is 1.80 bits per heavy atom. The van der Waals surface area contributed by atoms with Gasteiger partial charge >= 0.3 is 6.09 Å². The van der Waals surface area contributed by atoms with Crippen LogP contribution in [0, 0.1) is 13.8 Å². The largest absolute Gasteiger partial charge is 0.445 e. The summed E-state index contributed by atoms with van der Waals surface area (Å²) < 4.78 is 7.58. The summed E-state index contributed by atoms with van der Waals surface area (Å²) in [6, 6.07) is 25.0. The van der Waals surface area contributed by atoms with Crippen LogP contribution in [-0.4, -0.2) is 38.8 Å². The van der Waals surface area contributed by atoms with Crippen LogP contribution >= 0.6 is 0 Å². The Hall–Kier alpha value is -5.18. The lowest BCUT2D eigenvalue weighted by atomic mass is 10.1. The Labute approximate surface area is 238 Å². The van der Waals surface area contributed by atoms with Gasteiger partial charge in [0.2, 0.25) is 0 Å². The zero-order valence-electron chi connectivity index (χ0n) is 23.0. The maximum atomic E-state index is 13.2. The van der Waals surface area contributed by atoms with E-state index in [1.807, 2.05) is 55.5 Å². The highest BCUT2D eigenvalue weighted by Gasteiger charge is 2.23. The van der Waals surface area contributed by atoms with E-state index in [9.17, 15) is 9.59 Å². The monoisotopic (exact) mass is 548 g/mol. The molecule has 0 unspecified atom stereocenters. The van der Waals surface area contributed by atoms with Crippen LogP contribution in [0.15, 0.2) is 96.5 Å². The molecular formula is C32H32N6O3. The summed E-state index contributed by atoms with van der Waals surface area (Å²) in [5.74, 6) is -0.478. The van der Waals surface area contributed by atoms with Crippen molar-refractivity contribution >= 4 is 29.1 Å². The third-order valence-corrected chi connectivity index (χ3v) is 6.87. The molecule has 0 aliphatic carbocycles. The molecule has 9 heteroatoms. The first-order valence-corrected chi connectivity index (χ1v) is 13.4. The lowest BCUT2D eigenvalue weighted by Crippen LogP contribution is -2.47.